The highest BCUT2D eigenvalue weighted by atomic mass is 16.4. The molecule has 4 N–H and O–H groups in total. The number of aromatic nitrogens is 1. The third-order valence-electron chi connectivity index (χ3n) is 2.89. The van der Waals surface area contributed by atoms with E-state index in [1.165, 1.54) is 0 Å². The van der Waals surface area contributed by atoms with E-state index in [1.807, 2.05) is 24.3 Å². The van der Waals surface area contributed by atoms with Gasteiger partial charge in [0.1, 0.15) is 6.04 Å². The zero-order valence-corrected chi connectivity index (χ0v) is 10.1. The van der Waals surface area contributed by atoms with Crippen LogP contribution in [0.25, 0.3) is 10.9 Å². The molecule has 0 aliphatic heterocycles. The van der Waals surface area contributed by atoms with E-state index in [-0.39, 0.29) is 0 Å². The van der Waals surface area contributed by atoms with Crippen molar-refractivity contribution in [1.82, 2.24) is 10.3 Å². The van der Waals surface area contributed by atoms with Crippen LogP contribution in [0, 0.1) is 0 Å². The molecule has 19 heavy (non-hydrogen) atoms. The monoisotopic (exact) mass is 262 g/mol. The number of carboxylic acids is 2. The lowest BCUT2D eigenvalue weighted by molar-refractivity contribution is -0.146. The van der Waals surface area contributed by atoms with Gasteiger partial charge in [-0.1, -0.05) is 18.2 Å². The number of aliphatic carboxylic acids is 2. The van der Waals surface area contributed by atoms with Crippen molar-refractivity contribution in [3.8, 4) is 0 Å². The molecule has 6 heteroatoms. The summed E-state index contributed by atoms with van der Waals surface area (Å²) >= 11 is 0. The Morgan fingerprint density at radius 2 is 2.00 bits per heavy atom. The number of nitrogens with one attached hydrogen (secondary N) is 2. The maximum absolute atomic E-state index is 10.9. The minimum Gasteiger partial charge on any atom is -0.481 e. The second-order valence-electron chi connectivity index (χ2n) is 4.23. The summed E-state index contributed by atoms with van der Waals surface area (Å²) in [5, 5.41) is 21.3. The van der Waals surface area contributed by atoms with Crippen molar-refractivity contribution in [2.45, 2.75) is 19.0 Å². The highest BCUT2D eigenvalue weighted by molar-refractivity contribution is 5.83. The van der Waals surface area contributed by atoms with E-state index < -0.39 is 24.4 Å². The summed E-state index contributed by atoms with van der Waals surface area (Å²) in [6.45, 7) is 0.300. The van der Waals surface area contributed by atoms with Gasteiger partial charge in [-0.2, -0.15) is 0 Å². The Balaban J connectivity index is 2.08. The van der Waals surface area contributed by atoms with Crippen LogP contribution in [-0.2, 0) is 16.1 Å². The van der Waals surface area contributed by atoms with Crippen LogP contribution in [0.4, 0.5) is 0 Å². The van der Waals surface area contributed by atoms with E-state index in [9.17, 15) is 9.59 Å². The van der Waals surface area contributed by atoms with E-state index >= 15 is 0 Å². The predicted molar refractivity (Wildman–Crippen MR) is 68.8 cm³/mol. The molecular weight excluding hydrogens is 248 g/mol. The number of benzene rings is 1. The Bertz CT molecular complexity index is 605. The minimum atomic E-state index is -1.16. The molecule has 0 amide bonds. The Morgan fingerprint density at radius 3 is 2.68 bits per heavy atom. The Labute approximate surface area is 109 Å². The van der Waals surface area contributed by atoms with Gasteiger partial charge in [-0.3, -0.25) is 14.9 Å². The van der Waals surface area contributed by atoms with Gasteiger partial charge in [-0.15, -0.1) is 0 Å². The van der Waals surface area contributed by atoms with Gasteiger partial charge in [0.25, 0.3) is 0 Å². The number of para-hydroxylation sites is 1. The lowest BCUT2D eigenvalue weighted by atomic mass is 10.1. The van der Waals surface area contributed by atoms with Crippen molar-refractivity contribution in [1.29, 1.82) is 0 Å². The van der Waals surface area contributed by atoms with Gasteiger partial charge in [-0.25, -0.2) is 0 Å². The first-order chi connectivity index (χ1) is 9.08. The Morgan fingerprint density at radius 1 is 1.26 bits per heavy atom. The van der Waals surface area contributed by atoms with Crippen LogP contribution in [-0.4, -0.2) is 33.2 Å². The number of hydrogen-bond donors (Lipinski definition) is 4. The fourth-order valence-corrected chi connectivity index (χ4v) is 1.93. The van der Waals surface area contributed by atoms with Crippen LogP contribution < -0.4 is 5.32 Å². The third-order valence-corrected chi connectivity index (χ3v) is 2.89. The molecular formula is C13H14N2O4. The number of H-pyrrole nitrogens is 1. The summed E-state index contributed by atoms with van der Waals surface area (Å²) < 4.78 is 0. The second-order valence-corrected chi connectivity index (χ2v) is 4.23. The molecule has 0 aliphatic rings. The second kappa shape index (κ2) is 5.53. The highest BCUT2D eigenvalue weighted by Gasteiger charge is 2.20. The van der Waals surface area contributed by atoms with Gasteiger partial charge in [-0.05, 0) is 11.6 Å². The van der Waals surface area contributed by atoms with Crippen molar-refractivity contribution >= 4 is 22.8 Å². The lowest BCUT2D eigenvalue weighted by Gasteiger charge is -2.11. The Hall–Kier alpha value is -2.34. The van der Waals surface area contributed by atoms with Crippen LogP contribution in [0.3, 0.4) is 0 Å². The van der Waals surface area contributed by atoms with Crippen molar-refractivity contribution in [3.05, 3.63) is 36.0 Å². The molecule has 2 aromatic rings. The molecule has 1 aromatic carbocycles. The molecule has 6 nitrogen and oxygen atoms in total. The average Bonchev–Trinajstić information content (AvgIpc) is 2.77. The summed E-state index contributed by atoms with van der Waals surface area (Å²) in [6.07, 6.45) is 1.34. The summed E-state index contributed by atoms with van der Waals surface area (Å²) in [6, 6.07) is 6.55. The summed E-state index contributed by atoms with van der Waals surface area (Å²) in [5.74, 6) is -2.30. The summed E-state index contributed by atoms with van der Waals surface area (Å²) in [4.78, 5) is 24.6. The molecule has 100 valence electrons. The topological polar surface area (TPSA) is 102 Å². The van der Waals surface area contributed by atoms with E-state index in [0.29, 0.717) is 6.54 Å². The molecule has 2 rings (SSSR count). The number of carbonyl (C=O) groups is 2. The number of fused-ring (bicyclic) bond motifs is 1. The van der Waals surface area contributed by atoms with E-state index in [0.717, 1.165) is 16.5 Å². The molecule has 0 saturated carbocycles. The van der Waals surface area contributed by atoms with E-state index in [4.69, 9.17) is 10.2 Å². The van der Waals surface area contributed by atoms with Crippen molar-refractivity contribution < 1.29 is 19.8 Å². The van der Waals surface area contributed by atoms with E-state index in [2.05, 4.69) is 10.3 Å². The molecule has 1 heterocycles. The molecule has 1 atom stereocenters. The molecule has 1 unspecified atom stereocenters. The van der Waals surface area contributed by atoms with Crippen LogP contribution >= 0.6 is 0 Å². The van der Waals surface area contributed by atoms with E-state index in [1.54, 1.807) is 6.20 Å². The number of aromatic amines is 1. The van der Waals surface area contributed by atoms with Gasteiger partial charge >= 0.3 is 11.9 Å². The normalized spacial score (nSPS) is 12.4. The number of rotatable bonds is 6. The van der Waals surface area contributed by atoms with Gasteiger partial charge in [0.2, 0.25) is 0 Å². The summed E-state index contributed by atoms with van der Waals surface area (Å²) in [5.41, 5.74) is 1.87. The predicted octanol–water partition coefficient (Wildman–Crippen LogP) is 1.19. The average molecular weight is 262 g/mol. The molecule has 0 spiro atoms. The molecule has 0 fully saturated rings. The van der Waals surface area contributed by atoms with Crippen LogP contribution in [0.2, 0.25) is 0 Å². The summed E-state index contributed by atoms with van der Waals surface area (Å²) in [7, 11) is 0. The van der Waals surface area contributed by atoms with Gasteiger partial charge in [0.05, 0.1) is 6.42 Å². The standard InChI is InChI=1S/C13H14N2O4/c16-12(17)5-11(13(18)19)15-7-8-6-14-10-4-2-1-3-9(8)10/h1-4,6,11,14-15H,5,7H2,(H,16,17)(H,18,19). The first-order valence-corrected chi connectivity index (χ1v) is 5.81. The van der Waals surface area contributed by atoms with Crippen molar-refractivity contribution in [2.24, 2.45) is 0 Å². The molecule has 0 aliphatic carbocycles. The van der Waals surface area contributed by atoms with Crippen molar-refractivity contribution in [3.63, 3.8) is 0 Å². The SMILES string of the molecule is O=C(O)CC(NCc1c[nH]c2ccccc12)C(=O)O. The molecule has 0 bridgehead atoms. The zero-order valence-electron chi connectivity index (χ0n) is 10.1. The van der Waals surface area contributed by atoms with Crippen LogP contribution in [0.15, 0.2) is 30.5 Å². The first-order valence-electron chi connectivity index (χ1n) is 5.81. The molecule has 1 aromatic heterocycles. The zero-order chi connectivity index (χ0) is 13.8. The van der Waals surface area contributed by atoms with Crippen molar-refractivity contribution in [2.75, 3.05) is 0 Å². The molecule has 0 radical (unpaired) electrons. The lowest BCUT2D eigenvalue weighted by Crippen LogP contribution is -2.38. The highest BCUT2D eigenvalue weighted by Crippen LogP contribution is 2.17. The van der Waals surface area contributed by atoms with Gasteiger partial charge < -0.3 is 15.2 Å². The molecule has 0 saturated heterocycles. The quantitative estimate of drug-likeness (QED) is 0.626. The maximum Gasteiger partial charge on any atom is 0.321 e. The minimum absolute atomic E-state index is 0.300. The largest absolute Gasteiger partial charge is 0.481 e. The fraction of sp³-hybridized carbons (Fsp3) is 0.231. The maximum atomic E-state index is 10.9. The number of carboxylic acid groups (broad SMARTS) is 2. The van der Waals surface area contributed by atoms with Gasteiger partial charge in [0.15, 0.2) is 0 Å². The number of hydrogen-bond acceptors (Lipinski definition) is 3. The smallest absolute Gasteiger partial charge is 0.321 e. The van der Waals surface area contributed by atoms with Crippen LogP contribution in [0.1, 0.15) is 12.0 Å². The first kappa shape index (κ1) is 13.1. The van der Waals surface area contributed by atoms with Crippen LogP contribution in [0.5, 0.6) is 0 Å². The fourth-order valence-electron chi connectivity index (χ4n) is 1.93. The third kappa shape index (κ3) is 3.11. The Kier molecular flexibility index (Phi) is 3.82. The van der Waals surface area contributed by atoms with Gasteiger partial charge in [0, 0.05) is 23.6 Å².